The summed E-state index contributed by atoms with van der Waals surface area (Å²) in [6, 6.07) is 0. The smallest absolute Gasteiger partial charge is 0.549 e. The van der Waals surface area contributed by atoms with E-state index in [1.807, 2.05) is 0 Å². The average Bonchev–Trinajstić information content (AvgIpc) is 3.02. The molecule has 0 aliphatic heterocycles. The van der Waals surface area contributed by atoms with Crippen LogP contribution in [-0.4, -0.2) is 219 Å². The topological polar surface area (TPSA) is 501 Å². The quantitative estimate of drug-likeness (QED) is 0.0589. The molecule has 0 N–H and O–H groups in total. The maximum absolute atomic E-state index is 10.4. The standard InChI is InChI=1S/3C10H16N2O8.4Co/c3*13-7(14)3-11(4-8(15)16)1-2-12(5-9(17)18)6-10(19)20;;;;/h3*1-6H2,(H,13,14)(H,15,16)(H,17,18)(H,19,20);;;;/q;;;4*+3/p-12. The summed E-state index contributed by atoms with van der Waals surface area (Å²) in [4.78, 5) is 130. The van der Waals surface area contributed by atoms with Crippen LogP contribution in [-0.2, 0) is 125 Å². The molecule has 366 valence electrons. The zero-order chi connectivity index (χ0) is 47.1. The van der Waals surface area contributed by atoms with Gasteiger partial charge in [0.15, 0.2) is 0 Å². The summed E-state index contributed by atoms with van der Waals surface area (Å²) < 4.78 is 0. The van der Waals surface area contributed by atoms with E-state index in [4.69, 9.17) is 0 Å². The molecule has 0 saturated carbocycles. The second kappa shape index (κ2) is 42.4. The number of carboxylic acids is 12. The van der Waals surface area contributed by atoms with Gasteiger partial charge in [0.1, 0.15) is 0 Å². The third kappa shape index (κ3) is 53.6. The minimum Gasteiger partial charge on any atom is -0.549 e. The van der Waals surface area contributed by atoms with Gasteiger partial charge in [-0.05, 0) is 0 Å². The summed E-state index contributed by atoms with van der Waals surface area (Å²) in [5.74, 6) is -18.4. The van der Waals surface area contributed by atoms with Gasteiger partial charge in [-0.2, -0.15) is 0 Å². The molecule has 0 unspecified atom stereocenters. The Labute approximate surface area is 403 Å². The van der Waals surface area contributed by atoms with Gasteiger partial charge < -0.3 is 119 Å². The molecule has 0 spiro atoms. The Hall–Kier alpha value is -4.57. The Bertz CT molecular complexity index is 1140. The minimum atomic E-state index is -1.53. The monoisotopic (exact) mass is 1100 g/mol. The van der Waals surface area contributed by atoms with Crippen LogP contribution in [0, 0.1) is 0 Å². The summed E-state index contributed by atoms with van der Waals surface area (Å²) in [6.07, 6.45) is 0. The van der Waals surface area contributed by atoms with Crippen LogP contribution in [0.2, 0.25) is 0 Å². The van der Waals surface area contributed by atoms with E-state index in [2.05, 4.69) is 0 Å². The van der Waals surface area contributed by atoms with Gasteiger partial charge in [-0.15, -0.1) is 0 Å². The van der Waals surface area contributed by atoms with Crippen LogP contribution >= 0.6 is 0 Å². The summed E-state index contributed by atoms with van der Waals surface area (Å²) in [5.41, 5.74) is 0. The number of carbonyl (C=O) groups is 12. The van der Waals surface area contributed by atoms with Crippen molar-refractivity contribution in [3.8, 4) is 0 Å². The second-order valence-electron chi connectivity index (χ2n) is 11.7. The first-order valence-corrected chi connectivity index (χ1v) is 16.3. The number of carbonyl (C=O) groups excluding carboxylic acids is 12. The zero-order valence-corrected chi connectivity index (χ0v) is 36.7. The Morgan fingerprint density at radius 3 is 0.297 bits per heavy atom. The molecule has 0 heterocycles. The predicted molar refractivity (Wildman–Crippen MR) is 159 cm³/mol. The fourth-order valence-corrected chi connectivity index (χ4v) is 4.32. The molecule has 0 rings (SSSR count). The van der Waals surface area contributed by atoms with Crippen molar-refractivity contribution in [3.05, 3.63) is 0 Å². The molecule has 34 heteroatoms. The van der Waals surface area contributed by atoms with Gasteiger partial charge in [0.2, 0.25) is 0 Å². The number of hydrogen-bond acceptors (Lipinski definition) is 30. The third-order valence-corrected chi connectivity index (χ3v) is 6.43. The van der Waals surface area contributed by atoms with E-state index in [1.54, 1.807) is 0 Å². The molecule has 0 radical (unpaired) electrons. The molecule has 0 aromatic rings. The van der Waals surface area contributed by atoms with Crippen molar-refractivity contribution in [2.75, 3.05) is 118 Å². The van der Waals surface area contributed by atoms with E-state index in [0.717, 1.165) is 29.4 Å². The minimum absolute atomic E-state index is 0. The fraction of sp³-hybridized carbons (Fsp3) is 0.600. The van der Waals surface area contributed by atoms with Crippen molar-refractivity contribution in [3.63, 3.8) is 0 Å². The van der Waals surface area contributed by atoms with E-state index in [0.29, 0.717) is 0 Å². The molecule has 30 nitrogen and oxygen atoms in total. The molecule has 64 heavy (non-hydrogen) atoms. The van der Waals surface area contributed by atoms with Crippen molar-refractivity contribution in [2.24, 2.45) is 0 Å². The maximum atomic E-state index is 10.4. The first-order chi connectivity index (χ1) is 27.6. The zero-order valence-electron chi connectivity index (χ0n) is 32.5. The average molecular weight is 1100 g/mol. The summed E-state index contributed by atoms with van der Waals surface area (Å²) in [5, 5.41) is 125. The van der Waals surface area contributed by atoms with Gasteiger partial charge in [-0.25, -0.2) is 0 Å². The number of rotatable bonds is 33. The number of carboxylic acid groups (broad SMARTS) is 12. The SMILES string of the molecule is O=C([O-])CN(CCN(CC(=O)[O-])CC(=O)[O-])CC(=O)[O-].O=C([O-])CN(CCN(CC(=O)[O-])CC(=O)[O-])CC(=O)[O-].O=C([O-])CN(CCN(CC(=O)[O-])CC(=O)[O-])CC(=O)[O-].[Co+3].[Co+3].[Co+3].[Co+3]. The van der Waals surface area contributed by atoms with E-state index < -0.39 is 150 Å². The largest absolute Gasteiger partial charge is 3.00 e. The van der Waals surface area contributed by atoms with Gasteiger partial charge in [0.05, 0.1) is 71.6 Å². The molecule has 0 aromatic carbocycles. The van der Waals surface area contributed by atoms with Crippen LogP contribution < -0.4 is 61.3 Å². The molecule has 0 aromatic heterocycles. The van der Waals surface area contributed by atoms with Gasteiger partial charge in [-0.1, -0.05) is 0 Å². The number of hydrogen-bond donors (Lipinski definition) is 0. The summed E-state index contributed by atoms with van der Waals surface area (Å²) >= 11 is 0. The van der Waals surface area contributed by atoms with Crippen molar-refractivity contribution in [1.82, 2.24) is 29.4 Å². The predicted octanol–water partition coefficient (Wildman–Crippen LogP) is -22.2. The van der Waals surface area contributed by atoms with Crippen LogP contribution in [0.25, 0.3) is 0 Å². The first kappa shape index (κ1) is 73.8. The van der Waals surface area contributed by atoms with E-state index in [1.165, 1.54) is 0 Å². The van der Waals surface area contributed by atoms with Crippen LogP contribution in [0.5, 0.6) is 0 Å². The number of aliphatic carboxylic acids is 12. The molecular formula is C30H36Co4N6O24. The Kier molecular flexibility index (Phi) is 48.9. The first-order valence-electron chi connectivity index (χ1n) is 16.3. The van der Waals surface area contributed by atoms with E-state index in [-0.39, 0.29) is 106 Å². The van der Waals surface area contributed by atoms with Gasteiger partial charge >= 0.3 is 67.1 Å². The third-order valence-electron chi connectivity index (χ3n) is 6.43. The van der Waals surface area contributed by atoms with Crippen LogP contribution in [0.3, 0.4) is 0 Å². The van der Waals surface area contributed by atoms with Gasteiger partial charge in [-0.3, -0.25) is 29.4 Å². The molecule has 0 fully saturated rings. The van der Waals surface area contributed by atoms with Crippen molar-refractivity contribution in [1.29, 1.82) is 0 Å². The van der Waals surface area contributed by atoms with Crippen molar-refractivity contribution >= 4 is 71.6 Å². The summed E-state index contributed by atoms with van der Waals surface area (Å²) in [7, 11) is 0. The molecular weight excluding hydrogens is 1060 g/mol. The molecule has 0 amide bonds. The van der Waals surface area contributed by atoms with Crippen LogP contribution in [0.15, 0.2) is 0 Å². The number of nitrogens with zero attached hydrogens (tertiary/aromatic N) is 6. The van der Waals surface area contributed by atoms with Crippen molar-refractivity contribution < 1.29 is 186 Å². The molecule has 0 saturated heterocycles. The van der Waals surface area contributed by atoms with Crippen LogP contribution in [0.1, 0.15) is 0 Å². The molecule has 0 aliphatic carbocycles. The van der Waals surface area contributed by atoms with Crippen LogP contribution in [0.4, 0.5) is 0 Å². The van der Waals surface area contributed by atoms with Crippen molar-refractivity contribution in [2.45, 2.75) is 0 Å². The Morgan fingerprint density at radius 1 is 0.188 bits per heavy atom. The summed E-state index contributed by atoms with van der Waals surface area (Å²) in [6.45, 7) is -9.75. The van der Waals surface area contributed by atoms with Gasteiger partial charge in [0.25, 0.3) is 0 Å². The molecule has 0 aliphatic rings. The fourth-order valence-electron chi connectivity index (χ4n) is 4.32. The Morgan fingerprint density at radius 2 is 0.250 bits per heavy atom. The maximum Gasteiger partial charge on any atom is 3.00 e. The van der Waals surface area contributed by atoms with E-state index >= 15 is 0 Å². The molecule has 0 bridgehead atoms. The second-order valence-corrected chi connectivity index (χ2v) is 11.7. The normalized spacial score (nSPS) is 10.0. The van der Waals surface area contributed by atoms with E-state index in [9.17, 15) is 119 Å². The Balaban J connectivity index is -0.000000148. The molecule has 0 atom stereocenters. The van der Waals surface area contributed by atoms with Gasteiger partial charge in [0, 0.05) is 118 Å².